The number of benzene rings is 1. The first-order chi connectivity index (χ1) is 8.04. The summed E-state index contributed by atoms with van der Waals surface area (Å²) < 4.78 is 5.04. The van der Waals surface area contributed by atoms with Crippen LogP contribution >= 0.6 is 11.6 Å². The lowest BCUT2D eigenvalue weighted by atomic mass is 10.0. The third kappa shape index (κ3) is 4.24. The highest BCUT2D eigenvalue weighted by Crippen LogP contribution is 2.28. The summed E-state index contributed by atoms with van der Waals surface area (Å²) in [5, 5.41) is 9.04. The minimum Gasteiger partial charge on any atom is -0.495 e. The van der Waals surface area contributed by atoms with E-state index in [0.29, 0.717) is 23.6 Å². The van der Waals surface area contributed by atoms with Gasteiger partial charge < -0.3 is 15.6 Å². The Labute approximate surface area is 105 Å². The van der Waals surface area contributed by atoms with Crippen molar-refractivity contribution in [3.63, 3.8) is 0 Å². The molecule has 1 atom stereocenters. The normalized spacial score (nSPS) is 12.2. The van der Waals surface area contributed by atoms with Crippen molar-refractivity contribution in [1.82, 2.24) is 0 Å². The lowest BCUT2D eigenvalue weighted by Crippen LogP contribution is -2.11. The fourth-order valence-electron chi connectivity index (χ4n) is 1.55. The standard InChI is InChI=1S/C12H16ClNO3/c1-17-11-6-5-8(7-9(11)13)10(14)3-2-4-12(15)16/h5-7,10H,2-4,14H2,1H3,(H,15,16). The van der Waals surface area contributed by atoms with Gasteiger partial charge in [0.05, 0.1) is 12.1 Å². The zero-order chi connectivity index (χ0) is 12.8. The van der Waals surface area contributed by atoms with Gasteiger partial charge in [0.25, 0.3) is 0 Å². The Morgan fingerprint density at radius 3 is 2.82 bits per heavy atom. The first-order valence-corrected chi connectivity index (χ1v) is 5.73. The van der Waals surface area contributed by atoms with Crippen molar-refractivity contribution in [2.75, 3.05) is 7.11 Å². The van der Waals surface area contributed by atoms with E-state index in [-0.39, 0.29) is 12.5 Å². The number of carboxylic acids is 1. The van der Waals surface area contributed by atoms with Gasteiger partial charge in [-0.05, 0) is 30.5 Å². The number of ether oxygens (including phenoxy) is 1. The van der Waals surface area contributed by atoms with E-state index in [1.54, 1.807) is 19.2 Å². The van der Waals surface area contributed by atoms with Crippen LogP contribution in [0, 0.1) is 0 Å². The quantitative estimate of drug-likeness (QED) is 0.822. The summed E-state index contributed by atoms with van der Waals surface area (Å²) in [6.07, 6.45) is 1.31. The fourth-order valence-corrected chi connectivity index (χ4v) is 1.82. The minimum absolute atomic E-state index is 0.136. The first kappa shape index (κ1) is 13.8. The molecule has 0 fully saturated rings. The van der Waals surface area contributed by atoms with Gasteiger partial charge in [-0.3, -0.25) is 4.79 Å². The van der Waals surface area contributed by atoms with Crippen molar-refractivity contribution in [3.05, 3.63) is 28.8 Å². The van der Waals surface area contributed by atoms with E-state index in [0.717, 1.165) is 5.56 Å². The monoisotopic (exact) mass is 257 g/mol. The van der Waals surface area contributed by atoms with Gasteiger partial charge in [-0.1, -0.05) is 17.7 Å². The Bertz CT molecular complexity index is 395. The molecule has 4 nitrogen and oxygen atoms in total. The van der Waals surface area contributed by atoms with Gasteiger partial charge in [0.1, 0.15) is 5.75 Å². The number of aliphatic carboxylic acids is 1. The SMILES string of the molecule is COc1ccc(C(N)CCCC(=O)O)cc1Cl. The van der Waals surface area contributed by atoms with Crippen molar-refractivity contribution >= 4 is 17.6 Å². The van der Waals surface area contributed by atoms with Crippen molar-refractivity contribution in [2.45, 2.75) is 25.3 Å². The predicted molar refractivity (Wildman–Crippen MR) is 66.4 cm³/mol. The molecule has 1 aromatic rings. The molecule has 0 aliphatic heterocycles. The molecule has 1 aromatic carbocycles. The first-order valence-electron chi connectivity index (χ1n) is 5.35. The molecule has 0 heterocycles. The molecule has 5 heteroatoms. The number of hydrogen-bond donors (Lipinski definition) is 2. The topological polar surface area (TPSA) is 72.5 Å². The van der Waals surface area contributed by atoms with Gasteiger partial charge in [0.2, 0.25) is 0 Å². The number of nitrogens with two attached hydrogens (primary N) is 1. The zero-order valence-corrected chi connectivity index (χ0v) is 10.4. The van der Waals surface area contributed by atoms with Crippen molar-refractivity contribution in [2.24, 2.45) is 5.73 Å². The molecule has 0 saturated heterocycles. The zero-order valence-electron chi connectivity index (χ0n) is 9.65. The molecule has 0 saturated carbocycles. The molecule has 17 heavy (non-hydrogen) atoms. The smallest absolute Gasteiger partial charge is 0.303 e. The molecular weight excluding hydrogens is 242 g/mol. The van der Waals surface area contributed by atoms with E-state index in [2.05, 4.69) is 0 Å². The fraction of sp³-hybridized carbons (Fsp3) is 0.417. The lowest BCUT2D eigenvalue weighted by molar-refractivity contribution is -0.137. The largest absolute Gasteiger partial charge is 0.495 e. The Kier molecular flexibility index (Phi) is 5.25. The highest BCUT2D eigenvalue weighted by atomic mass is 35.5. The average Bonchev–Trinajstić information content (AvgIpc) is 2.28. The highest BCUT2D eigenvalue weighted by molar-refractivity contribution is 6.32. The summed E-state index contributed by atoms with van der Waals surface area (Å²) in [7, 11) is 1.55. The molecule has 1 rings (SSSR count). The van der Waals surface area contributed by atoms with Crippen molar-refractivity contribution in [3.8, 4) is 5.75 Å². The Morgan fingerprint density at radius 2 is 2.29 bits per heavy atom. The Morgan fingerprint density at radius 1 is 1.59 bits per heavy atom. The van der Waals surface area contributed by atoms with Crippen LogP contribution in [0.1, 0.15) is 30.9 Å². The number of rotatable bonds is 6. The molecule has 0 radical (unpaired) electrons. The maximum atomic E-state index is 10.4. The van der Waals surface area contributed by atoms with Crippen LogP contribution in [0.5, 0.6) is 5.75 Å². The molecule has 0 aromatic heterocycles. The molecule has 1 unspecified atom stereocenters. The molecule has 3 N–H and O–H groups in total. The lowest BCUT2D eigenvalue weighted by Gasteiger charge is -2.13. The predicted octanol–water partition coefficient (Wildman–Crippen LogP) is 2.60. The maximum Gasteiger partial charge on any atom is 0.303 e. The molecule has 0 aliphatic rings. The van der Waals surface area contributed by atoms with E-state index < -0.39 is 5.97 Å². The molecule has 94 valence electrons. The summed E-state index contributed by atoms with van der Waals surface area (Å²) in [6.45, 7) is 0. The van der Waals surface area contributed by atoms with Crippen LogP contribution in [-0.2, 0) is 4.79 Å². The van der Waals surface area contributed by atoms with Gasteiger partial charge in [-0.2, -0.15) is 0 Å². The summed E-state index contributed by atoms with van der Waals surface area (Å²) in [5.41, 5.74) is 6.84. The highest BCUT2D eigenvalue weighted by Gasteiger charge is 2.09. The number of hydrogen-bond acceptors (Lipinski definition) is 3. The third-order valence-electron chi connectivity index (χ3n) is 2.51. The van der Waals surface area contributed by atoms with Crippen LogP contribution in [0.25, 0.3) is 0 Å². The molecule has 0 bridgehead atoms. The molecule has 0 aliphatic carbocycles. The molecular formula is C12H16ClNO3. The summed E-state index contributed by atoms with van der Waals surface area (Å²) >= 11 is 5.98. The average molecular weight is 258 g/mol. The Balaban J connectivity index is 2.59. The number of methoxy groups -OCH3 is 1. The summed E-state index contributed by atoms with van der Waals surface area (Å²) in [5.74, 6) is -0.196. The van der Waals surface area contributed by atoms with E-state index in [1.807, 2.05) is 6.07 Å². The molecule has 0 spiro atoms. The molecule has 0 amide bonds. The van der Waals surface area contributed by atoms with Gasteiger partial charge >= 0.3 is 5.97 Å². The van der Waals surface area contributed by atoms with Gasteiger partial charge in [0.15, 0.2) is 0 Å². The van der Waals surface area contributed by atoms with E-state index >= 15 is 0 Å². The van der Waals surface area contributed by atoms with Crippen LogP contribution in [0.4, 0.5) is 0 Å². The van der Waals surface area contributed by atoms with Crippen LogP contribution < -0.4 is 10.5 Å². The van der Waals surface area contributed by atoms with Crippen LogP contribution in [-0.4, -0.2) is 18.2 Å². The second kappa shape index (κ2) is 6.47. The van der Waals surface area contributed by atoms with E-state index in [1.165, 1.54) is 0 Å². The minimum atomic E-state index is -0.801. The maximum absolute atomic E-state index is 10.4. The van der Waals surface area contributed by atoms with E-state index in [4.69, 9.17) is 27.2 Å². The van der Waals surface area contributed by atoms with Gasteiger partial charge in [-0.15, -0.1) is 0 Å². The van der Waals surface area contributed by atoms with Crippen LogP contribution in [0.15, 0.2) is 18.2 Å². The summed E-state index contributed by atoms with van der Waals surface area (Å²) in [4.78, 5) is 10.4. The number of carbonyl (C=O) groups is 1. The van der Waals surface area contributed by atoms with Crippen molar-refractivity contribution in [1.29, 1.82) is 0 Å². The third-order valence-corrected chi connectivity index (χ3v) is 2.81. The second-order valence-corrected chi connectivity index (χ2v) is 4.19. The number of halogens is 1. The number of carboxylic acid groups (broad SMARTS) is 1. The van der Waals surface area contributed by atoms with Gasteiger partial charge in [0, 0.05) is 12.5 Å². The van der Waals surface area contributed by atoms with Crippen molar-refractivity contribution < 1.29 is 14.6 Å². The Hall–Kier alpha value is -1.26. The van der Waals surface area contributed by atoms with E-state index in [9.17, 15) is 4.79 Å². The second-order valence-electron chi connectivity index (χ2n) is 3.79. The van der Waals surface area contributed by atoms with Crippen LogP contribution in [0.3, 0.4) is 0 Å². The van der Waals surface area contributed by atoms with Gasteiger partial charge in [-0.25, -0.2) is 0 Å². The summed E-state index contributed by atoms with van der Waals surface area (Å²) in [6, 6.07) is 5.16. The van der Waals surface area contributed by atoms with Crippen LogP contribution in [0.2, 0.25) is 5.02 Å².